The van der Waals surface area contributed by atoms with Gasteiger partial charge in [-0.3, -0.25) is 14.7 Å². The summed E-state index contributed by atoms with van der Waals surface area (Å²) in [7, 11) is 3.17. The van der Waals surface area contributed by atoms with Crippen LogP contribution in [-0.2, 0) is 17.8 Å². The highest BCUT2D eigenvalue weighted by molar-refractivity contribution is 7.99. The summed E-state index contributed by atoms with van der Waals surface area (Å²) >= 11 is 2.66. The van der Waals surface area contributed by atoms with E-state index >= 15 is 0 Å². The van der Waals surface area contributed by atoms with Crippen molar-refractivity contribution in [2.24, 2.45) is 0 Å². The van der Waals surface area contributed by atoms with Crippen molar-refractivity contribution < 1.29 is 14.3 Å². The molecule has 30 heavy (non-hydrogen) atoms. The maximum absolute atomic E-state index is 12.3. The highest BCUT2D eigenvalue weighted by atomic mass is 32.2. The molecule has 0 aliphatic heterocycles. The number of aromatic nitrogens is 5. The monoisotopic (exact) mass is 446 g/mol. The summed E-state index contributed by atoms with van der Waals surface area (Å²) in [5.74, 6) is 1.86. The average molecular weight is 447 g/mol. The van der Waals surface area contributed by atoms with Crippen LogP contribution in [-0.4, -0.2) is 50.8 Å². The number of benzene rings is 1. The second kappa shape index (κ2) is 10.2. The van der Waals surface area contributed by atoms with Gasteiger partial charge in [0.25, 0.3) is 0 Å². The van der Waals surface area contributed by atoms with Gasteiger partial charge in [-0.1, -0.05) is 36.1 Å². The summed E-state index contributed by atoms with van der Waals surface area (Å²) in [6.07, 6.45) is 2.54. The van der Waals surface area contributed by atoms with Crippen LogP contribution in [0.25, 0.3) is 11.4 Å². The van der Waals surface area contributed by atoms with Crippen LogP contribution >= 0.6 is 23.1 Å². The Kier molecular flexibility index (Phi) is 7.41. The third kappa shape index (κ3) is 4.97. The second-order valence-corrected chi connectivity index (χ2v) is 7.97. The number of allylic oxidation sites excluding steroid dienone is 1. The van der Waals surface area contributed by atoms with Gasteiger partial charge < -0.3 is 9.47 Å². The van der Waals surface area contributed by atoms with Gasteiger partial charge in [0, 0.05) is 12.1 Å². The van der Waals surface area contributed by atoms with Gasteiger partial charge in [-0.25, -0.2) is 0 Å². The highest BCUT2D eigenvalue weighted by Crippen LogP contribution is 2.33. The molecule has 11 heteroatoms. The Balaban J connectivity index is 1.75. The van der Waals surface area contributed by atoms with E-state index < -0.39 is 0 Å². The Morgan fingerprint density at radius 2 is 2.03 bits per heavy atom. The lowest BCUT2D eigenvalue weighted by atomic mass is 10.2. The number of carbonyl (C=O) groups is 1. The first-order valence-electron chi connectivity index (χ1n) is 9.11. The van der Waals surface area contributed by atoms with E-state index in [1.807, 2.05) is 29.7 Å². The molecule has 0 aliphatic carbocycles. The van der Waals surface area contributed by atoms with Crippen molar-refractivity contribution in [2.45, 2.75) is 25.0 Å². The number of ether oxygens (including phenoxy) is 2. The largest absolute Gasteiger partial charge is 0.493 e. The standard InChI is InChI=1S/C19H22N6O3S2/c1-5-9-25-17(12-7-8-13(27-3)14(10-12)28-4)22-24-19(25)29-11-15(26)20-18-23-21-16(6-2)30-18/h5,7-8,10H,1,6,9,11H2,2-4H3,(H,20,23,26). The van der Waals surface area contributed by atoms with Gasteiger partial charge in [-0.15, -0.1) is 27.0 Å². The minimum atomic E-state index is -0.181. The lowest BCUT2D eigenvalue weighted by Gasteiger charge is -2.11. The molecule has 3 aromatic rings. The number of anilines is 1. The number of amides is 1. The van der Waals surface area contributed by atoms with Gasteiger partial charge >= 0.3 is 0 Å². The van der Waals surface area contributed by atoms with Crippen LogP contribution in [0.4, 0.5) is 5.13 Å². The fourth-order valence-corrected chi connectivity index (χ4v) is 4.05. The van der Waals surface area contributed by atoms with Crippen molar-refractivity contribution >= 4 is 34.1 Å². The van der Waals surface area contributed by atoms with E-state index in [9.17, 15) is 4.79 Å². The summed E-state index contributed by atoms with van der Waals surface area (Å²) in [5.41, 5.74) is 0.819. The van der Waals surface area contributed by atoms with Crippen LogP contribution in [0, 0.1) is 0 Å². The summed E-state index contributed by atoms with van der Waals surface area (Å²) in [6.45, 7) is 6.30. The van der Waals surface area contributed by atoms with E-state index in [1.54, 1.807) is 20.3 Å². The topological polar surface area (TPSA) is 104 Å². The summed E-state index contributed by atoms with van der Waals surface area (Å²) in [5, 5.41) is 21.3. The zero-order valence-electron chi connectivity index (χ0n) is 16.9. The molecule has 0 saturated carbocycles. The molecule has 1 N–H and O–H groups in total. The number of hydrogen-bond donors (Lipinski definition) is 1. The Morgan fingerprint density at radius 1 is 1.23 bits per heavy atom. The van der Waals surface area contributed by atoms with Crippen LogP contribution in [0.1, 0.15) is 11.9 Å². The molecule has 0 unspecified atom stereocenters. The lowest BCUT2D eigenvalue weighted by molar-refractivity contribution is -0.113. The first-order valence-corrected chi connectivity index (χ1v) is 10.9. The maximum Gasteiger partial charge on any atom is 0.236 e. The molecule has 2 aromatic heterocycles. The number of nitrogens with zero attached hydrogens (tertiary/aromatic N) is 5. The van der Waals surface area contributed by atoms with E-state index in [-0.39, 0.29) is 11.7 Å². The summed E-state index contributed by atoms with van der Waals surface area (Å²) in [6, 6.07) is 5.53. The van der Waals surface area contributed by atoms with Gasteiger partial charge in [0.15, 0.2) is 22.5 Å². The number of carbonyl (C=O) groups excluding carboxylic acids is 1. The Hall–Kier alpha value is -2.92. The van der Waals surface area contributed by atoms with E-state index in [2.05, 4.69) is 32.3 Å². The third-order valence-electron chi connectivity index (χ3n) is 4.02. The minimum absolute atomic E-state index is 0.169. The average Bonchev–Trinajstić information content (AvgIpc) is 3.38. The van der Waals surface area contributed by atoms with Crippen LogP contribution < -0.4 is 14.8 Å². The second-order valence-electron chi connectivity index (χ2n) is 5.97. The Labute approximate surface area is 182 Å². The highest BCUT2D eigenvalue weighted by Gasteiger charge is 2.17. The van der Waals surface area contributed by atoms with Crippen molar-refractivity contribution in [1.29, 1.82) is 0 Å². The molecule has 1 amide bonds. The molecule has 0 bridgehead atoms. The number of aryl methyl sites for hydroxylation is 1. The van der Waals surface area contributed by atoms with E-state index in [1.165, 1.54) is 23.1 Å². The number of nitrogens with one attached hydrogen (secondary N) is 1. The van der Waals surface area contributed by atoms with Gasteiger partial charge in [-0.2, -0.15) is 0 Å². The smallest absolute Gasteiger partial charge is 0.236 e. The molecule has 0 saturated heterocycles. The van der Waals surface area contributed by atoms with E-state index in [0.717, 1.165) is 17.0 Å². The van der Waals surface area contributed by atoms with Crippen LogP contribution in [0.2, 0.25) is 0 Å². The number of hydrogen-bond acceptors (Lipinski definition) is 9. The zero-order chi connectivity index (χ0) is 21.5. The van der Waals surface area contributed by atoms with Crippen molar-refractivity contribution in [2.75, 3.05) is 25.3 Å². The quantitative estimate of drug-likeness (QED) is 0.374. The van der Waals surface area contributed by atoms with Gasteiger partial charge in [-0.05, 0) is 24.6 Å². The van der Waals surface area contributed by atoms with Crippen LogP contribution in [0.15, 0.2) is 36.0 Å². The lowest BCUT2D eigenvalue weighted by Crippen LogP contribution is -2.14. The molecular weight excluding hydrogens is 424 g/mol. The first kappa shape index (κ1) is 21.8. The molecule has 0 aliphatic rings. The molecular formula is C19H22N6O3S2. The maximum atomic E-state index is 12.3. The molecule has 1 aromatic carbocycles. The SMILES string of the molecule is C=CCn1c(SCC(=O)Nc2nnc(CC)s2)nnc1-c1ccc(OC)c(OC)c1. The molecule has 3 rings (SSSR count). The van der Waals surface area contributed by atoms with Gasteiger partial charge in [0.2, 0.25) is 11.0 Å². The molecule has 9 nitrogen and oxygen atoms in total. The van der Waals surface area contributed by atoms with E-state index in [0.29, 0.717) is 34.2 Å². The normalized spacial score (nSPS) is 10.6. The van der Waals surface area contributed by atoms with Crippen molar-refractivity contribution in [3.05, 3.63) is 35.9 Å². The van der Waals surface area contributed by atoms with Crippen molar-refractivity contribution in [1.82, 2.24) is 25.0 Å². The number of rotatable bonds is 10. The number of methoxy groups -OCH3 is 2. The fraction of sp³-hybridized carbons (Fsp3) is 0.316. The molecule has 0 radical (unpaired) electrons. The minimum Gasteiger partial charge on any atom is -0.493 e. The Morgan fingerprint density at radius 3 is 2.70 bits per heavy atom. The fourth-order valence-electron chi connectivity index (χ4n) is 2.61. The van der Waals surface area contributed by atoms with Crippen molar-refractivity contribution in [3.63, 3.8) is 0 Å². The predicted octanol–water partition coefficient (Wildman–Crippen LogP) is 3.29. The van der Waals surface area contributed by atoms with E-state index in [4.69, 9.17) is 9.47 Å². The molecule has 0 spiro atoms. The molecule has 0 fully saturated rings. The number of thioether (sulfide) groups is 1. The van der Waals surface area contributed by atoms with Crippen molar-refractivity contribution in [3.8, 4) is 22.9 Å². The molecule has 158 valence electrons. The molecule has 0 atom stereocenters. The first-order chi connectivity index (χ1) is 14.6. The molecule has 2 heterocycles. The summed E-state index contributed by atoms with van der Waals surface area (Å²) < 4.78 is 12.6. The third-order valence-corrected chi connectivity index (χ3v) is 5.97. The predicted molar refractivity (Wildman–Crippen MR) is 117 cm³/mol. The van der Waals surface area contributed by atoms with Gasteiger partial charge in [0.05, 0.1) is 20.0 Å². The zero-order valence-corrected chi connectivity index (χ0v) is 18.5. The van der Waals surface area contributed by atoms with Crippen LogP contribution in [0.3, 0.4) is 0 Å². The summed E-state index contributed by atoms with van der Waals surface area (Å²) in [4.78, 5) is 12.3. The van der Waals surface area contributed by atoms with Gasteiger partial charge in [0.1, 0.15) is 5.01 Å². The van der Waals surface area contributed by atoms with Crippen LogP contribution in [0.5, 0.6) is 11.5 Å². The Bertz CT molecular complexity index is 1030.